The van der Waals surface area contributed by atoms with Gasteiger partial charge in [-0.15, -0.1) is 0 Å². The molecular weight excluding hydrogens is 448 g/mol. The van der Waals surface area contributed by atoms with Gasteiger partial charge in [-0.2, -0.15) is 0 Å². The summed E-state index contributed by atoms with van der Waals surface area (Å²) in [6, 6.07) is 30.4. The van der Waals surface area contributed by atoms with Gasteiger partial charge in [0.1, 0.15) is 0 Å². The van der Waals surface area contributed by atoms with Crippen LogP contribution in [-0.2, 0) is 0 Å². The molecule has 0 N–H and O–H groups in total. The molecule has 0 aliphatic carbocycles. The van der Waals surface area contributed by atoms with Crippen molar-refractivity contribution in [3.8, 4) is 0 Å². The Bertz CT molecular complexity index is 1150. The smallest absolute Gasteiger partial charge is 0.324 e. The van der Waals surface area contributed by atoms with Crippen molar-refractivity contribution >= 4 is 23.4 Å². The highest BCUT2D eigenvalue weighted by molar-refractivity contribution is 5.99. The molecule has 3 saturated heterocycles. The Morgan fingerprint density at radius 1 is 0.639 bits per heavy atom. The maximum atomic E-state index is 13.9. The normalized spacial score (nSPS) is 23.1. The molecule has 36 heavy (non-hydrogen) atoms. The summed E-state index contributed by atoms with van der Waals surface area (Å²) in [5.41, 5.74) is 3.01. The monoisotopic (exact) mass is 480 g/mol. The largest absolute Gasteiger partial charge is 0.329 e. The molecule has 0 saturated carbocycles. The van der Waals surface area contributed by atoms with Crippen LogP contribution in [0.5, 0.6) is 0 Å². The Morgan fingerprint density at radius 3 is 1.72 bits per heavy atom. The molecule has 3 aromatic carbocycles. The Kier molecular flexibility index (Phi) is 6.09. The molecule has 6 heteroatoms. The van der Waals surface area contributed by atoms with Crippen LogP contribution in [0, 0.1) is 0 Å². The van der Waals surface area contributed by atoms with Crippen LogP contribution in [0.2, 0.25) is 0 Å². The van der Waals surface area contributed by atoms with Gasteiger partial charge >= 0.3 is 12.1 Å². The van der Waals surface area contributed by atoms with Crippen molar-refractivity contribution in [2.24, 2.45) is 0 Å². The molecule has 3 atom stereocenters. The predicted octanol–water partition coefficient (Wildman–Crippen LogP) is 5.70. The van der Waals surface area contributed by atoms with E-state index in [0.717, 1.165) is 43.7 Å². The van der Waals surface area contributed by atoms with Crippen LogP contribution in [0.4, 0.5) is 21.0 Å². The van der Waals surface area contributed by atoms with E-state index in [0.29, 0.717) is 19.0 Å². The molecule has 4 amide bonds. The third kappa shape index (κ3) is 4.21. The third-order valence-electron chi connectivity index (χ3n) is 7.92. The summed E-state index contributed by atoms with van der Waals surface area (Å²) in [5.74, 6) is 0.404. The third-order valence-corrected chi connectivity index (χ3v) is 7.92. The summed E-state index contributed by atoms with van der Waals surface area (Å²) in [4.78, 5) is 35.4. The minimum atomic E-state index is -0.0262. The van der Waals surface area contributed by atoms with E-state index in [-0.39, 0.29) is 24.1 Å². The van der Waals surface area contributed by atoms with Crippen LogP contribution in [0.1, 0.15) is 30.7 Å². The molecule has 0 spiro atoms. The molecule has 1 unspecified atom stereocenters. The fraction of sp³-hybridized carbons (Fsp3) is 0.333. The number of urea groups is 2. The van der Waals surface area contributed by atoms with E-state index in [4.69, 9.17) is 0 Å². The average Bonchev–Trinajstić information content (AvgIpc) is 3.53. The number of piperazine rings is 1. The van der Waals surface area contributed by atoms with Crippen LogP contribution < -0.4 is 4.90 Å². The summed E-state index contributed by atoms with van der Waals surface area (Å²) in [6.45, 7) is 2.73. The number of benzene rings is 3. The Hall–Kier alpha value is -3.80. The van der Waals surface area contributed by atoms with Gasteiger partial charge in [-0.25, -0.2) is 9.59 Å². The van der Waals surface area contributed by atoms with E-state index in [1.165, 1.54) is 5.56 Å². The molecule has 3 aliphatic rings. The number of amides is 4. The molecule has 6 nitrogen and oxygen atoms in total. The molecular formula is C30H32N4O2. The van der Waals surface area contributed by atoms with E-state index in [1.807, 2.05) is 76.5 Å². The lowest BCUT2D eigenvalue weighted by Crippen LogP contribution is -2.61. The number of hydrogen-bond donors (Lipinski definition) is 0. The molecule has 0 radical (unpaired) electrons. The average molecular weight is 481 g/mol. The summed E-state index contributed by atoms with van der Waals surface area (Å²) >= 11 is 0. The van der Waals surface area contributed by atoms with E-state index >= 15 is 0 Å². The van der Waals surface area contributed by atoms with Crippen molar-refractivity contribution in [3.63, 3.8) is 0 Å². The Morgan fingerprint density at radius 2 is 1.17 bits per heavy atom. The van der Waals surface area contributed by atoms with Crippen molar-refractivity contribution in [1.29, 1.82) is 0 Å². The first-order chi connectivity index (χ1) is 17.7. The predicted molar refractivity (Wildman–Crippen MR) is 141 cm³/mol. The number of nitrogens with zero attached hydrogens (tertiary/aromatic N) is 4. The van der Waals surface area contributed by atoms with E-state index < -0.39 is 0 Å². The summed E-state index contributed by atoms with van der Waals surface area (Å²) in [5, 5.41) is 0. The highest BCUT2D eigenvalue weighted by atomic mass is 16.2. The van der Waals surface area contributed by atoms with Crippen molar-refractivity contribution in [2.75, 3.05) is 31.1 Å². The topological polar surface area (TPSA) is 47.1 Å². The molecule has 3 aliphatic heterocycles. The fourth-order valence-corrected chi connectivity index (χ4v) is 6.13. The van der Waals surface area contributed by atoms with Crippen LogP contribution in [0.3, 0.4) is 0 Å². The highest BCUT2D eigenvalue weighted by Crippen LogP contribution is 2.36. The number of hydrogen-bond acceptors (Lipinski definition) is 2. The first-order valence-electron chi connectivity index (χ1n) is 13.0. The zero-order valence-corrected chi connectivity index (χ0v) is 20.4. The highest BCUT2D eigenvalue weighted by Gasteiger charge is 2.46. The van der Waals surface area contributed by atoms with Crippen LogP contribution in [-0.4, -0.2) is 65.0 Å². The van der Waals surface area contributed by atoms with E-state index in [1.54, 1.807) is 4.90 Å². The number of para-hydroxylation sites is 2. The zero-order chi connectivity index (χ0) is 24.5. The number of carbonyl (C=O) groups is 2. The van der Waals surface area contributed by atoms with Crippen molar-refractivity contribution in [1.82, 2.24) is 14.7 Å². The molecule has 3 fully saturated rings. The number of carbonyl (C=O) groups excluding carboxylic acids is 2. The maximum absolute atomic E-state index is 13.9. The second-order valence-electron chi connectivity index (χ2n) is 10.1. The number of anilines is 2. The lowest BCUT2D eigenvalue weighted by atomic mass is 9.99. The van der Waals surface area contributed by atoms with E-state index in [9.17, 15) is 9.59 Å². The zero-order valence-electron chi connectivity index (χ0n) is 20.4. The lowest BCUT2D eigenvalue weighted by Gasteiger charge is -2.43. The molecule has 2 bridgehead atoms. The standard InChI is InChI=1S/C30H32N4O2/c35-29(31-19-18-24(20-31)23-10-4-1-5-11-23)34-27-16-17-28(34)22-32(21-27)30(36)33(25-12-6-2-7-13-25)26-14-8-3-9-15-26/h1-15,24,27-28H,16-22H2/t24?,27-,28+. The van der Waals surface area contributed by atoms with Gasteiger partial charge in [-0.3, -0.25) is 4.90 Å². The molecule has 0 aromatic heterocycles. The van der Waals surface area contributed by atoms with Gasteiger partial charge in [0.2, 0.25) is 0 Å². The molecule has 184 valence electrons. The minimum Gasteiger partial charge on any atom is -0.324 e. The number of rotatable bonds is 3. The van der Waals surface area contributed by atoms with Crippen molar-refractivity contribution in [3.05, 3.63) is 96.6 Å². The fourth-order valence-electron chi connectivity index (χ4n) is 6.13. The van der Waals surface area contributed by atoms with Crippen LogP contribution in [0.25, 0.3) is 0 Å². The van der Waals surface area contributed by atoms with Gasteiger partial charge in [0.25, 0.3) is 0 Å². The van der Waals surface area contributed by atoms with Crippen molar-refractivity contribution in [2.45, 2.75) is 37.3 Å². The number of likely N-dealkylation sites (tertiary alicyclic amines) is 2. The first-order valence-corrected chi connectivity index (χ1v) is 13.0. The van der Waals surface area contributed by atoms with Gasteiger partial charge < -0.3 is 14.7 Å². The minimum absolute atomic E-state index is 0.0262. The second kappa shape index (κ2) is 9.69. The summed E-state index contributed by atoms with van der Waals surface area (Å²) in [6.07, 6.45) is 2.91. The van der Waals surface area contributed by atoms with Crippen molar-refractivity contribution < 1.29 is 9.59 Å². The van der Waals surface area contributed by atoms with Crippen LogP contribution in [0.15, 0.2) is 91.0 Å². The molecule has 6 rings (SSSR count). The quantitative estimate of drug-likeness (QED) is 0.483. The van der Waals surface area contributed by atoms with Gasteiger partial charge in [0.15, 0.2) is 0 Å². The first kappa shape index (κ1) is 22.7. The molecule has 3 aromatic rings. The summed E-state index contributed by atoms with van der Waals surface area (Å²) in [7, 11) is 0. The molecule has 3 heterocycles. The van der Waals surface area contributed by atoms with Gasteiger partial charge in [-0.1, -0.05) is 66.7 Å². The van der Waals surface area contributed by atoms with Gasteiger partial charge in [-0.05, 0) is 49.1 Å². The summed E-state index contributed by atoms with van der Waals surface area (Å²) < 4.78 is 0. The van der Waals surface area contributed by atoms with Gasteiger partial charge in [0.05, 0.1) is 23.5 Å². The van der Waals surface area contributed by atoms with Gasteiger partial charge in [0, 0.05) is 32.1 Å². The Labute approximate surface area is 212 Å². The van der Waals surface area contributed by atoms with Crippen LogP contribution >= 0.6 is 0 Å². The van der Waals surface area contributed by atoms with E-state index in [2.05, 4.69) is 29.2 Å². The number of fused-ring (bicyclic) bond motifs is 2. The lowest BCUT2D eigenvalue weighted by molar-refractivity contribution is 0.0861. The maximum Gasteiger partial charge on any atom is 0.329 e. The second-order valence-corrected chi connectivity index (χ2v) is 10.1. The Balaban J connectivity index is 1.17. The SMILES string of the molecule is O=C(N1C[C@H]2CC[C@@H](C1)N2C(=O)N1CCC(c2ccccc2)C1)N(c1ccccc1)c1ccccc1.